The van der Waals surface area contributed by atoms with Crippen LogP contribution in [0.15, 0.2) is 291 Å². The lowest BCUT2D eigenvalue weighted by Gasteiger charge is -2.14. The molecule has 14 aromatic rings. The predicted octanol–water partition coefficient (Wildman–Crippen LogP) is 19.5. The minimum absolute atomic E-state index is 1.14. The Morgan fingerprint density at radius 1 is 0.176 bits per heavy atom. The molecule has 0 spiro atoms. The van der Waals surface area contributed by atoms with Crippen LogP contribution in [0.3, 0.4) is 0 Å². The van der Waals surface area contributed by atoms with Crippen molar-refractivity contribution in [1.82, 2.24) is 9.13 Å². The molecule has 346 valence electrons. The van der Waals surface area contributed by atoms with Crippen LogP contribution < -0.4 is 0 Å². The van der Waals surface area contributed by atoms with Crippen molar-refractivity contribution in [3.05, 3.63) is 291 Å². The number of hydrogen-bond acceptors (Lipinski definition) is 0. The Morgan fingerprint density at radius 2 is 0.500 bits per heavy atom. The lowest BCUT2D eigenvalue weighted by Crippen LogP contribution is -1.97. The van der Waals surface area contributed by atoms with Crippen molar-refractivity contribution in [2.45, 2.75) is 0 Å². The number of benzene rings is 12. The quantitative estimate of drug-likeness (QED) is 0.136. The molecule has 0 aliphatic rings. The standard InChI is InChI=1S/C72H48N2/c1-3-15-49(16-4-1)56-19-13-21-58(45-56)59-22-14-20-57(46-59)54-35-33-51(34-36-54)50-29-31-52(32-30-50)53-37-41-62(42-38-53)73-69-27-11-8-24-64(69)66-47-60(39-43-71(66)73)61-40-44-72-67(48-61)65-25-9-12-28-70(65)74(72)68-26-10-7-23-63(68)55-17-5-2-6-18-55/h1-48H. The molecule has 2 heterocycles. The van der Waals surface area contributed by atoms with Gasteiger partial charge in [0, 0.05) is 32.8 Å². The fraction of sp³-hybridized carbons (Fsp3) is 0. The molecule has 0 amide bonds. The van der Waals surface area contributed by atoms with Crippen LogP contribution in [0.2, 0.25) is 0 Å². The first-order chi connectivity index (χ1) is 36.7. The van der Waals surface area contributed by atoms with Gasteiger partial charge in [-0.25, -0.2) is 0 Å². The van der Waals surface area contributed by atoms with Crippen molar-refractivity contribution in [2.24, 2.45) is 0 Å². The van der Waals surface area contributed by atoms with Gasteiger partial charge in [0.15, 0.2) is 0 Å². The molecular weight excluding hydrogens is 893 g/mol. The Labute approximate surface area is 431 Å². The van der Waals surface area contributed by atoms with Gasteiger partial charge in [0.2, 0.25) is 0 Å². The van der Waals surface area contributed by atoms with Crippen LogP contribution in [0, 0.1) is 0 Å². The summed E-state index contributed by atoms with van der Waals surface area (Å²) in [7, 11) is 0. The first-order valence-corrected chi connectivity index (χ1v) is 25.5. The van der Waals surface area contributed by atoms with E-state index in [-0.39, 0.29) is 0 Å². The molecule has 0 fully saturated rings. The number of para-hydroxylation sites is 3. The van der Waals surface area contributed by atoms with Gasteiger partial charge in [-0.3, -0.25) is 0 Å². The smallest absolute Gasteiger partial charge is 0.0541 e. The van der Waals surface area contributed by atoms with Gasteiger partial charge in [-0.15, -0.1) is 0 Å². The number of rotatable bonds is 9. The summed E-state index contributed by atoms with van der Waals surface area (Å²) in [4.78, 5) is 0. The first kappa shape index (κ1) is 43.1. The molecule has 0 aliphatic heterocycles. The maximum atomic E-state index is 2.43. The summed E-state index contributed by atoms with van der Waals surface area (Å²) < 4.78 is 4.84. The molecule has 2 aromatic heterocycles. The van der Waals surface area contributed by atoms with Crippen LogP contribution in [-0.2, 0) is 0 Å². The summed E-state index contributed by atoms with van der Waals surface area (Å²) in [5.41, 5.74) is 24.0. The van der Waals surface area contributed by atoms with Gasteiger partial charge in [0.25, 0.3) is 0 Å². The number of fused-ring (bicyclic) bond motifs is 6. The molecule has 0 bridgehead atoms. The summed E-state index contributed by atoms with van der Waals surface area (Å²) in [5, 5.41) is 4.97. The first-order valence-electron chi connectivity index (χ1n) is 25.5. The van der Waals surface area contributed by atoms with Gasteiger partial charge in [0.05, 0.1) is 27.8 Å². The van der Waals surface area contributed by atoms with Gasteiger partial charge in [0.1, 0.15) is 0 Å². The third kappa shape index (κ3) is 7.60. The minimum Gasteiger partial charge on any atom is -0.309 e. The molecule has 12 aromatic carbocycles. The van der Waals surface area contributed by atoms with Crippen LogP contribution in [0.1, 0.15) is 0 Å². The fourth-order valence-electron chi connectivity index (χ4n) is 11.3. The van der Waals surface area contributed by atoms with Gasteiger partial charge >= 0.3 is 0 Å². The van der Waals surface area contributed by atoms with E-state index in [0.717, 1.165) is 5.69 Å². The highest BCUT2D eigenvalue weighted by Gasteiger charge is 2.18. The second-order valence-electron chi connectivity index (χ2n) is 19.3. The van der Waals surface area contributed by atoms with Gasteiger partial charge in [-0.1, -0.05) is 224 Å². The van der Waals surface area contributed by atoms with Crippen LogP contribution in [0.4, 0.5) is 0 Å². The molecule has 0 atom stereocenters. The molecule has 0 unspecified atom stereocenters. The zero-order valence-corrected chi connectivity index (χ0v) is 40.6. The van der Waals surface area contributed by atoms with E-state index < -0.39 is 0 Å². The summed E-state index contributed by atoms with van der Waals surface area (Å²) in [6.45, 7) is 0. The number of nitrogens with zero attached hydrogens (tertiary/aromatic N) is 2. The minimum atomic E-state index is 1.14. The van der Waals surface area contributed by atoms with E-state index in [0.29, 0.717) is 0 Å². The predicted molar refractivity (Wildman–Crippen MR) is 313 cm³/mol. The lowest BCUT2D eigenvalue weighted by atomic mass is 9.95. The number of hydrogen-bond donors (Lipinski definition) is 0. The van der Waals surface area contributed by atoms with Crippen molar-refractivity contribution in [3.8, 4) is 89.3 Å². The number of aromatic nitrogens is 2. The highest BCUT2D eigenvalue weighted by atomic mass is 15.0. The van der Waals surface area contributed by atoms with E-state index >= 15 is 0 Å². The van der Waals surface area contributed by atoms with E-state index in [1.165, 1.54) is 127 Å². The zero-order valence-electron chi connectivity index (χ0n) is 40.6. The Bertz CT molecular complexity index is 4370. The second-order valence-corrected chi connectivity index (χ2v) is 19.3. The second kappa shape index (κ2) is 18.1. The van der Waals surface area contributed by atoms with Crippen LogP contribution in [0.5, 0.6) is 0 Å². The van der Waals surface area contributed by atoms with Crippen LogP contribution >= 0.6 is 0 Å². The van der Waals surface area contributed by atoms with E-state index in [9.17, 15) is 0 Å². The topological polar surface area (TPSA) is 9.86 Å². The van der Waals surface area contributed by atoms with Gasteiger partial charge in [-0.05, 0) is 139 Å². The summed E-state index contributed by atoms with van der Waals surface area (Å²) in [5.74, 6) is 0. The average molecular weight is 941 g/mol. The molecule has 74 heavy (non-hydrogen) atoms. The Hall–Kier alpha value is -9.76. The highest BCUT2D eigenvalue weighted by Crippen LogP contribution is 2.41. The Balaban J connectivity index is 0.733. The third-order valence-electron chi connectivity index (χ3n) is 15.0. The zero-order chi connectivity index (χ0) is 49.0. The largest absolute Gasteiger partial charge is 0.309 e. The van der Waals surface area contributed by atoms with Crippen molar-refractivity contribution >= 4 is 43.6 Å². The fourth-order valence-corrected chi connectivity index (χ4v) is 11.3. The average Bonchev–Trinajstić information content (AvgIpc) is 4.02. The SMILES string of the molecule is c1ccc(-c2cccc(-c3cccc(-c4ccc(-c5ccc(-c6ccc(-n7c8ccccc8c8cc(-c9ccc%10c(c9)c9ccccc9n%10-c9ccccc9-c9ccccc9)ccc87)cc6)cc5)cc4)c3)c2)cc1. The Morgan fingerprint density at radius 3 is 1.03 bits per heavy atom. The molecule has 2 heteroatoms. The van der Waals surface area contributed by atoms with Crippen molar-refractivity contribution in [2.75, 3.05) is 0 Å². The van der Waals surface area contributed by atoms with Crippen LogP contribution in [-0.4, -0.2) is 9.13 Å². The third-order valence-corrected chi connectivity index (χ3v) is 15.0. The van der Waals surface area contributed by atoms with Gasteiger partial charge in [-0.2, -0.15) is 0 Å². The van der Waals surface area contributed by atoms with Gasteiger partial charge < -0.3 is 9.13 Å². The Kier molecular flexibility index (Phi) is 10.6. The monoisotopic (exact) mass is 940 g/mol. The highest BCUT2D eigenvalue weighted by molar-refractivity contribution is 6.13. The molecule has 2 nitrogen and oxygen atoms in total. The maximum Gasteiger partial charge on any atom is 0.0541 e. The molecular formula is C72H48N2. The van der Waals surface area contributed by atoms with Crippen molar-refractivity contribution in [1.29, 1.82) is 0 Å². The molecule has 0 aliphatic carbocycles. The summed E-state index contributed by atoms with van der Waals surface area (Å²) in [6.07, 6.45) is 0. The van der Waals surface area contributed by atoms with E-state index in [1.807, 2.05) is 0 Å². The maximum absolute atomic E-state index is 2.43. The van der Waals surface area contributed by atoms with Crippen LogP contribution in [0.25, 0.3) is 133 Å². The molecule has 0 N–H and O–H groups in total. The van der Waals surface area contributed by atoms with Crippen molar-refractivity contribution < 1.29 is 0 Å². The van der Waals surface area contributed by atoms with E-state index in [2.05, 4.69) is 300 Å². The summed E-state index contributed by atoms with van der Waals surface area (Å²) in [6, 6.07) is 106. The van der Waals surface area contributed by atoms with E-state index in [1.54, 1.807) is 0 Å². The van der Waals surface area contributed by atoms with E-state index in [4.69, 9.17) is 0 Å². The molecule has 0 saturated heterocycles. The molecule has 0 saturated carbocycles. The lowest BCUT2D eigenvalue weighted by molar-refractivity contribution is 1.18. The molecule has 14 rings (SSSR count). The normalized spacial score (nSPS) is 11.5. The molecule has 0 radical (unpaired) electrons. The van der Waals surface area contributed by atoms with Crippen molar-refractivity contribution in [3.63, 3.8) is 0 Å². The summed E-state index contributed by atoms with van der Waals surface area (Å²) >= 11 is 0.